The molecule has 0 radical (unpaired) electrons. The van der Waals surface area contributed by atoms with Gasteiger partial charge in [-0.3, -0.25) is 4.79 Å². The number of rotatable bonds is 2. The first-order chi connectivity index (χ1) is 15.9. The molecule has 5 rings (SSSR count). The third-order valence-corrected chi connectivity index (χ3v) is 6.84. The van der Waals surface area contributed by atoms with Crippen molar-refractivity contribution in [1.29, 1.82) is 0 Å². The molecule has 6 nitrogen and oxygen atoms in total. The van der Waals surface area contributed by atoms with E-state index in [1.54, 1.807) is 0 Å². The summed E-state index contributed by atoms with van der Waals surface area (Å²) >= 11 is 9.70. The third kappa shape index (κ3) is 4.62. The van der Waals surface area contributed by atoms with Gasteiger partial charge in [0.25, 0.3) is 5.91 Å². The molecule has 2 aliphatic rings. The second-order valence-electron chi connectivity index (χ2n) is 8.55. The van der Waals surface area contributed by atoms with E-state index in [0.29, 0.717) is 15.2 Å². The van der Waals surface area contributed by atoms with Gasteiger partial charge in [0.2, 0.25) is 0 Å². The zero-order valence-corrected chi connectivity index (χ0v) is 20.5. The number of quaternary nitrogens is 1. The Morgan fingerprint density at radius 2 is 1.85 bits per heavy atom. The topological polar surface area (TPSA) is 56.7 Å². The summed E-state index contributed by atoms with van der Waals surface area (Å²) in [6, 6.07) is 21.4. The molecule has 0 aromatic heterocycles. The summed E-state index contributed by atoms with van der Waals surface area (Å²) in [5, 5.41) is 4.16. The van der Waals surface area contributed by atoms with Crippen molar-refractivity contribution in [2.75, 3.05) is 38.5 Å². The number of amidine groups is 1. The highest BCUT2D eigenvalue weighted by atomic mass is 79.9. The van der Waals surface area contributed by atoms with Crippen LogP contribution in [0.25, 0.3) is 0 Å². The molecule has 168 valence electrons. The number of amides is 1. The lowest BCUT2D eigenvalue weighted by atomic mass is 10.1. The fourth-order valence-corrected chi connectivity index (χ4v) is 4.79. The van der Waals surface area contributed by atoms with Crippen molar-refractivity contribution in [2.24, 2.45) is 4.99 Å². The fourth-order valence-electron chi connectivity index (χ4n) is 4.22. The monoisotopic (exact) mass is 524 g/mol. The molecule has 3 aromatic rings. The van der Waals surface area contributed by atoms with Crippen LogP contribution in [0.5, 0.6) is 0 Å². The van der Waals surface area contributed by atoms with Gasteiger partial charge in [0, 0.05) is 26.3 Å². The van der Waals surface area contributed by atoms with Gasteiger partial charge in [0.15, 0.2) is 0 Å². The van der Waals surface area contributed by atoms with Crippen molar-refractivity contribution in [3.63, 3.8) is 0 Å². The van der Waals surface area contributed by atoms with E-state index in [-0.39, 0.29) is 5.91 Å². The molecule has 0 aliphatic carbocycles. The minimum Gasteiger partial charge on any atom is -0.353 e. The quantitative estimate of drug-likeness (QED) is 0.444. The van der Waals surface area contributed by atoms with E-state index < -0.39 is 0 Å². The number of hydrogen-bond acceptors (Lipinski definition) is 4. The number of aliphatic imine (C=N–C) groups is 1. The van der Waals surface area contributed by atoms with Crippen LogP contribution in [0, 0.1) is 0 Å². The van der Waals surface area contributed by atoms with E-state index in [4.69, 9.17) is 16.6 Å². The number of benzene rings is 3. The summed E-state index contributed by atoms with van der Waals surface area (Å²) < 4.78 is 1.36. The van der Waals surface area contributed by atoms with E-state index in [1.165, 1.54) is 0 Å². The van der Waals surface area contributed by atoms with Crippen LogP contribution in [-0.2, 0) is 0 Å². The van der Waals surface area contributed by atoms with Gasteiger partial charge >= 0.3 is 0 Å². The number of likely N-dealkylation sites (N-methyl/N-ethyl adjacent to an activating group) is 1. The Hall–Kier alpha value is -2.87. The van der Waals surface area contributed by atoms with Crippen molar-refractivity contribution < 1.29 is 9.39 Å². The van der Waals surface area contributed by atoms with E-state index in [9.17, 15) is 4.79 Å². The number of anilines is 2. The van der Waals surface area contributed by atoms with Crippen LogP contribution in [-0.4, -0.2) is 54.5 Å². The second-order valence-corrected chi connectivity index (χ2v) is 9.90. The Labute approximate surface area is 206 Å². The highest BCUT2D eigenvalue weighted by Gasteiger charge is 2.34. The highest BCUT2D eigenvalue weighted by molar-refractivity contribution is 9.10. The predicted octanol–water partition coefficient (Wildman–Crippen LogP) is 5.35. The van der Waals surface area contributed by atoms with Crippen LogP contribution < -0.4 is 10.7 Å². The lowest BCUT2D eigenvalue weighted by molar-refractivity contribution is -0.946. The van der Waals surface area contributed by atoms with E-state index in [1.807, 2.05) is 54.6 Å². The molecule has 3 aromatic carbocycles. The standard InChI is InChI=1S/C25H23BrClN5O/c1-32(30-25(33)17-5-4-6-18(26)15-17)13-11-31(12-14-32)24-20-7-2-3-8-21(20)28-22-10-9-19(27)16-23(22)29-24/h2-10,15-16H,11-14H2,1H3,(H-,28,29,30,33)/p+1. The zero-order valence-electron chi connectivity index (χ0n) is 18.2. The van der Waals surface area contributed by atoms with Crippen LogP contribution in [0.4, 0.5) is 17.1 Å². The van der Waals surface area contributed by atoms with Gasteiger partial charge in [0.1, 0.15) is 18.9 Å². The van der Waals surface area contributed by atoms with Crippen LogP contribution in [0.3, 0.4) is 0 Å². The molecule has 1 amide bonds. The van der Waals surface area contributed by atoms with Crippen molar-refractivity contribution in [1.82, 2.24) is 10.3 Å². The highest BCUT2D eigenvalue weighted by Crippen LogP contribution is 2.36. The molecule has 0 atom stereocenters. The number of carbonyl (C=O) groups is 1. The van der Waals surface area contributed by atoms with E-state index in [0.717, 1.165) is 59.1 Å². The molecular formula is C25H24BrClN5O+. The molecule has 0 bridgehead atoms. The molecule has 0 spiro atoms. The molecule has 1 saturated heterocycles. The molecule has 33 heavy (non-hydrogen) atoms. The van der Waals surface area contributed by atoms with Gasteiger partial charge in [-0.2, -0.15) is 5.43 Å². The lowest BCUT2D eigenvalue weighted by Gasteiger charge is -2.42. The Morgan fingerprint density at radius 1 is 1.06 bits per heavy atom. The first-order valence-electron chi connectivity index (χ1n) is 10.8. The van der Waals surface area contributed by atoms with Crippen LogP contribution in [0.2, 0.25) is 5.02 Å². The summed E-state index contributed by atoms with van der Waals surface area (Å²) in [5.74, 6) is 0.848. The first kappa shape index (κ1) is 21.9. The normalized spacial score (nSPS) is 16.6. The largest absolute Gasteiger partial charge is 0.353 e. The number of carbonyl (C=O) groups excluding carboxylic acids is 1. The summed E-state index contributed by atoms with van der Waals surface area (Å²) in [5.41, 5.74) is 7.67. The Balaban J connectivity index is 1.38. The number of hydrogen-bond donors (Lipinski definition) is 2. The molecule has 1 fully saturated rings. The van der Waals surface area contributed by atoms with Gasteiger partial charge in [0.05, 0.1) is 31.5 Å². The van der Waals surface area contributed by atoms with Crippen LogP contribution in [0.1, 0.15) is 15.9 Å². The summed E-state index contributed by atoms with van der Waals surface area (Å²) in [6.45, 7) is 3.05. The maximum absolute atomic E-state index is 12.8. The Morgan fingerprint density at radius 3 is 2.64 bits per heavy atom. The lowest BCUT2D eigenvalue weighted by Crippen LogP contribution is -2.65. The summed E-state index contributed by atoms with van der Waals surface area (Å²) in [6.07, 6.45) is 0. The number of para-hydroxylation sites is 1. The number of halogens is 2. The van der Waals surface area contributed by atoms with E-state index >= 15 is 0 Å². The van der Waals surface area contributed by atoms with E-state index in [2.05, 4.69) is 50.8 Å². The SMILES string of the molecule is C[N+]1(NC(=O)c2cccc(Br)c2)CCN(C2=Nc3cc(Cl)ccc3Nc3ccccc32)CC1. The number of piperazine rings is 1. The van der Waals surface area contributed by atoms with Crippen molar-refractivity contribution in [3.8, 4) is 0 Å². The van der Waals surface area contributed by atoms with Crippen molar-refractivity contribution >= 4 is 56.3 Å². The number of nitrogens with zero attached hydrogens (tertiary/aromatic N) is 3. The van der Waals surface area contributed by atoms with Crippen LogP contribution in [0.15, 0.2) is 76.2 Å². The summed E-state index contributed by atoms with van der Waals surface area (Å²) in [4.78, 5) is 20.1. The molecule has 2 N–H and O–H groups in total. The fraction of sp³-hybridized carbons (Fsp3) is 0.200. The van der Waals surface area contributed by atoms with Crippen molar-refractivity contribution in [3.05, 3.63) is 87.4 Å². The average Bonchev–Trinajstić information content (AvgIpc) is 2.96. The minimum absolute atomic E-state index is 0.0721. The number of fused-ring (bicyclic) bond motifs is 2. The van der Waals surface area contributed by atoms with Gasteiger partial charge in [-0.05, 0) is 48.5 Å². The molecule has 0 unspecified atom stereocenters. The maximum Gasteiger partial charge on any atom is 0.295 e. The number of nitrogens with one attached hydrogen (secondary N) is 2. The zero-order chi connectivity index (χ0) is 23.0. The van der Waals surface area contributed by atoms with Gasteiger partial charge in [-0.1, -0.05) is 45.7 Å². The second kappa shape index (κ2) is 8.82. The van der Waals surface area contributed by atoms with Gasteiger partial charge in [-0.15, -0.1) is 0 Å². The van der Waals surface area contributed by atoms with Gasteiger partial charge in [-0.25, -0.2) is 9.58 Å². The first-order valence-corrected chi connectivity index (χ1v) is 12.0. The maximum atomic E-state index is 12.8. The Bertz CT molecular complexity index is 1250. The molecule has 0 saturated carbocycles. The summed E-state index contributed by atoms with van der Waals surface area (Å²) in [7, 11) is 2.06. The third-order valence-electron chi connectivity index (χ3n) is 6.11. The molecule has 2 heterocycles. The van der Waals surface area contributed by atoms with Crippen molar-refractivity contribution in [2.45, 2.75) is 0 Å². The van der Waals surface area contributed by atoms with Gasteiger partial charge < -0.3 is 10.2 Å². The predicted molar refractivity (Wildman–Crippen MR) is 136 cm³/mol. The smallest absolute Gasteiger partial charge is 0.295 e. The average molecular weight is 526 g/mol. The van der Waals surface area contributed by atoms with Crippen LogP contribution >= 0.6 is 27.5 Å². The molecule has 8 heteroatoms. The molecule has 2 aliphatic heterocycles. The molecular weight excluding hydrogens is 502 g/mol. The minimum atomic E-state index is -0.0721. The Kier molecular flexibility index (Phi) is 5.86.